The minimum Gasteiger partial charge on any atom is -0.388 e. The maximum Gasteiger partial charge on any atom is 0.346 e. The minimum absolute atomic E-state index is 0.453. The Kier molecular flexibility index (Phi) is 1.48. The van der Waals surface area contributed by atoms with E-state index in [4.69, 9.17) is 4.74 Å². The monoisotopic (exact) mass is 242 g/mol. The smallest absolute Gasteiger partial charge is 0.346 e. The molecule has 18 heavy (non-hydrogen) atoms. The summed E-state index contributed by atoms with van der Waals surface area (Å²) in [6.07, 6.45) is 2.01. The highest BCUT2D eigenvalue weighted by atomic mass is 16.6. The van der Waals surface area contributed by atoms with Crippen LogP contribution < -0.4 is 15.7 Å². The van der Waals surface area contributed by atoms with E-state index in [1.807, 2.05) is 41.7 Å². The van der Waals surface area contributed by atoms with Gasteiger partial charge in [0.1, 0.15) is 0 Å². The molecule has 4 heterocycles. The summed E-state index contributed by atoms with van der Waals surface area (Å²) in [5.41, 5.74) is 2.51. The molecule has 0 bridgehead atoms. The number of aromatic nitrogens is 1. The van der Waals surface area contributed by atoms with Gasteiger partial charge in [0.15, 0.2) is 6.04 Å². The summed E-state index contributed by atoms with van der Waals surface area (Å²) >= 11 is 0. The first-order valence-corrected chi connectivity index (χ1v) is 5.76. The number of rotatable bonds is 0. The van der Waals surface area contributed by atoms with E-state index >= 15 is 0 Å². The predicted octanol–water partition coefficient (Wildman–Crippen LogP) is -0.870. The van der Waals surface area contributed by atoms with Gasteiger partial charge in [0.05, 0.1) is 16.3 Å². The van der Waals surface area contributed by atoms with Gasteiger partial charge in [0.25, 0.3) is 0 Å². The van der Waals surface area contributed by atoms with Crippen molar-refractivity contribution in [3.05, 3.63) is 34.6 Å². The molecule has 0 amide bonds. The van der Waals surface area contributed by atoms with Gasteiger partial charge in [0, 0.05) is 5.70 Å². The molecule has 0 aromatic carbocycles. The van der Waals surface area contributed by atoms with Gasteiger partial charge in [-0.1, -0.05) is 0 Å². The third-order valence-electron chi connectivity index (χ3n) is 3.69. The van der Waals surface area contributed by atoms with Crippen molar-refractivity contribution in [1.29, 1.82) is 0 Å². The van der Waals surface area contributed by atoms with Gasteiger partial charge in [-0.25, -0.2) is 9.59 Å². The van der Waals surface area contributed by atoms with Crippen LogP contribution in [0.1, 0.15) is 13.8 Å². The Bertz CT molecular complexity index is 782. The second-order valence-corrected chi connectivity index (χ2v) is 4.75. The Morgan fingerprint density at radius 2 is 1.89 bits per heavy atom. The Morgan fingerprint density at radius 3 is 2.67 bits per heavy atom. The molecule has 0 saturated carbocycles. The van der Waals surface area contributed by atoms with Crippen molar-refractivity contribution < 1.29 is 14.3 Å². The molecular weight excluding hydrogens is 232 g/mol. The standard InChI is InChI=1S/C13H10N2O3/c1-6-5-7(2)14-11-10(12(16)18-13(11)17)9-4-3-8(6)15(9)14/h3-5,11H,1-2H3. The molecule has 3 aliphatic heterocycles. The molecule has 5 heteroatoms. The summed E-state index contributed by atoms with van der Waals surface area (Å²) in [7, 11) is 0. The van der Waals surface area contributed by atoms with E-state index in [1.54, 1.807) is 0 Å². The Labute approximate surface area is 102 Å². The van der Waals surface area contributed by atoms with Crippen molar-refractivity contribution in [3.63, 3.8) is 0 Å². The maximum atomic E-state index is 11.8. The molecule has 0 N–H and O–H groups in total. The van der Waals surface area contributed by atoms with Crippen LogP contribution in [-0.4, -0.2) is 22.7 Å². The number of esters is 2. The van der Waals surface area contributed by atoms with Crippen molar-refractivity contribution in [1.82, 2.24) is 4.68 Å². The molecule has 0 radical (unpaired) electrons. The van der Waals surface area contributed by atoms with E-state index in [0.717, 1.165) is 22.0 Å². The number of hydrogen-bond acceptors (Lipinski definition) is 4. The lowest BCUT2D eigenvalue weighted by molar-refractivity contribution is -0.151. The fraction of sp³-hybridized carbons (Fsp3) is 0.231. The lowest BCUT2D eigenvalue weighted by atomic mass is 10.1. The molecule has 4 rings (SSSR count). The van der Waals surface area contributed by atoms with Crippen molar-refractivity contribution in [2.75, 3.05) is 5.01 Å². The third-order valence-corrected chi connectivity index (χ3v) is 3.69. The zero-order valence-electron chi connectivity index (χ0n) is 9.93. The first-order valence-electron chi connectivity index (χ1n) is 5.76. The van der Waals surface area contributed by atoms with Crippen LogP contribution in [0, 0.1) is 0 Å². The maximum absolute atomic E-state index is 11.8. The number of nitrogens with zero attached hydrogens (tertiary/aromatic N) is 2. The van der Waals surface area contributed by atoms with E-state index in [0.29, 0.717) is 5.57 Å². The number of fused-ring (bicyclic) bond motifs is 2. The SMILES string of the molecule is CC1=CC(C)=c2ccc3n2N1C1C(=O)OC(=O)C=31. The molecule has 1 fully saturated rings. The molecule has 0 aliphatic carbocycles. The van der Waals surface area contributed by atoms with Crippen molar-refractivity contribution in [3.8, 4) is 0 Å². The van der Waals surface area contributed by atoms with Crippen molar-refractivity contribution >= 4 is 23.1 Å². The molecule has 5 nitrogen and oxygen atoms in total. The number of carbonyl (C=O) groups excluding carboxylic acids is 2. The van der Waals surface area contributed by atoms with Crippen LogP contribution in [0.4, 0.5) is 0 Å². The molecule has 1 unspecified atom stereocenters. The number of allylic oxidation sites excluding steroid dienone is 2. The van der Waals surface area contributed by atoms with E-state index < -0.39 is 18.0 Å². The topological polar surface area (TPSA) is 51.5 Å². The normalized spacial score (nSPS) is 24.2. The van der Waals surface area contributed by atoms with Crippen LogP contribution in [-0.2, 0) is 14.3 Å². The zero-order valence-corrected chi connectivity index (χ0v) is 9.93. The summed E-state index contributed by atoms with van der Waals surface area (Å²) < 4.78 is 6.66. The predicted molar refractivity (Wildman–Crippen MR) is 63.0 cm³/mol. The van der Waals surface area contributed by atoms with Gasteiger partial charge in [-0.05, 0) is 37.6 Å². The van der Waals surface area contributed by atoms with Crippen molar-refractivity contribution in [2.45, 2.75) is 19.9 Å². The molecule has 1 aromatic rings. The molecule has 0 spiro atoms. The lowest BCUT2D eigenvalue weighted by Crippen LogP contribution is -2.49. The van der Waals surface area contributed by atoms with E-state index in [-0.39, 0.29) is 0 Å². The fourth-order valence-corrected chi connectivity index (χ4v) is 2.99. The Hall–Kier alpha value is -2.30. The summed E-state index contributed by atoms with van der Waals surface area (Å²) in [5.74, 6) is -1.01. The third kappa shape index (κ3) is 0.860. The Balaban J connectivity index is 2.19. The zero-order chi connectivity index (χ0) is 12.6. The van der Waals surface area contributed by atoms with E-state index in [9.17, 15) is 9.59 Å². The minimum atomic E-state index is -0.614. The largest absolute Gasteiger partial charge is 0.388 e. The average Bonchev–Trinajstić information content (AvgIpc) is 2.89. The van der Waals surface area contributed by atoms with Gasteiger partial charge >= 0.3 is 11.9 Å². The number of hydrogen-bond donors (Lipinski definition) is 0. The van der Waals surface area contributed by atoms with Gasteiger partial charge in [-0.3, -0.25) is 9.69 Å². The molecule has 90 valence electrons. The number of ether oxygens (including phenoxy) is 1. The summed E-state index contributed by atoms with van der Waals surface area (Å²) in [6, 6.07) is 3.21. The highest BCUT2D eigenvalue weighted by molar-refractivity contribution is 6.27. The molecular formula is C13H10N2O3. The van der Waals surface area contributed by atoms with Crippen LogP contribution in [0.15, 0.2) is 23.9 Å². The van der Waals surface area contributed by atoms with Gasteiger partial charge in [-0.15, -0.1) is 0 Å². The second-order valence-electron chi connectivity index (χ2n) is 4.75. The summed E-state index contributed by atoms with van der Waals surface area (Å²) in [4.78, 5) is 23.6. The van der Waals surface area contributed by atoms with Crippen LogP contribution >= 0.6 is 0 Å². The van der Waals surface area contributed by atoms with E-state index in [2.05, 4.69) is 0 Å². The quantitative estimate of drug-likeness (QED) is 0.438. The van der Waals surface area contributed by atoms with Gasteiger partial charge in [-0.2, -0.15) is 0 Å². The first-order chi connectivity index (χ1) is 8.59. The lowest BCUT2D eigenvalue weighted by Gasteiger charge is -2.29. The van der Waals surface area contributed by atoms with Crippen LogP contribution in [0.3, 0.4) is 0 Å². The van der Waals surface area contributed by atoms with Gasteiger partial charge < -0.3 is 4.74 Å². The van der Waals surface area contributed by atoms with E-state index in [1.165, 1.54) is 0 Å². The average molecular weight is 242 g/mol. The van der Waals surface area contributed by atoms with Crippen LogP contribution in [0.2, 0.25) is 0 Å². The fourth-order valence-electron chi connectivity index (χ4n) is 2.99. The highest BCUT2D eigenvalue weighted by Crippen LogP contribution is 2.28. The second kappa shape index (κ2) is 2.75. The molecule has 1 aromatic heterocycles. The molecule has 1 atom stereocenters. The highest BCUT2D eigenvalue weighted by Gasteiger charge is 2.49. The summed E-state index contributed by atoms with van der Waals surface area (Å²) in [5, 5.41) is 3.61. The number of carbonyl (C=O) groups is 2. The van der Waals surface area contributed by atoms with Crippen LogP contribution in [0.5, 0.6) is 0 Å². The first kappa shape index (κ1) is 9.70. The molecule has 3 aliphatic rings. The van der Waals surface area contributed by atoms with Crippen molar-refractivity contribution in [2.24, 2.45) is 0 Å². The Morgan fingerprint density at radius 1 is 1.17 bits per heavy atom. The van der Waals surface area contributed by atoms with Gasteiger partial charge in [0.2, 0.25) is 0 Å². The summed E-state index contributed by atoms with van der Waals surface area (Å²) in [6.45, 7) is 3.94. The van der Waals surface area contributed by atoms with Crippen LogP contribution in [0.25, 0.3) is 11.1 Å². The number of cyclic esters (lactones) is 2. The molecule has 1 saturated heterocycles.